The van der Waals surface area contributed by atoms with Crippen molar-refractivity contribution in [2.45, 2.75) is 0 Å². The summed E-state index contributed by atoms with van der Waals surface area (Å²) in [5.74, 6) is 0. The van der Waals surface area contributed by atoms with Crippen molar-refractivity contribution in [2.75, 3.05) is 31.5 Å². The summed E-state index contributed by atoms with van der Waals surface area (Å²) < 4.78 is 16.1. The van der Waals surface area contributed by atoms with Crippen LogP contribution in [0.15, 0.2) is 18.2 Å². The summed E-state index contributed by atoms with van der Waals surface area (Å²) in [5, 5.41) is 16.0. The Labute approximate surface area is 130 Å². The molecule has 0 spiro atoms. The lowest BCUT2D eigenvalue weighted by Crippen LogP contribution is -2.31. The van der Waals surface area contributed by atoms with Gasteiger partial charge in [0.25, 0.3) is 5.69 Å². The standard InChI is InChI=1S/C11H13ClN5O4P/c12-8-1-2-9(10(7-8)17(19)20)13-11(18)14-22(21,15-3-4-15)16-5-6-16/h1-2,7H,3-6H2,(H2,13,14,18,21). The highest BCUT2D eigenvalue weighted by atomic mass is 35.5. The average Bonchev–Trinajstić information content (AvgIpc) is 3.29. The largest absolute Gasteiger partial charge is 0.326 e. The molecule has 9 nitrogen and oxygen atoms in total. The summed E-state index contributed by atoms with van der Waals surface area (Å²) >= 11 is 5.71. The van der Waals surface area contributed by atoms with Crippen LogP contribution in [0, 0.1) is 10.1 Å². The topological polar surface area (TPSA) is 107 Å². The number of carbonyl (C=O) groups excluding carboxylic acids is 1. The van der Waals surface area contributed by atoms with E-state index in [0.717, 1.165) is 6.07 Å². The van der Waals surface area contributed by atoms with Gasteiger partial charge in [0.05, 0.1) is 4.92 Å². The Bertz CT molecular complexity index is 675. The zero-order chi connectivity index (χ0) is 15.9. The molecule has 0 unspecified atom stereocenters. The summed E-state index contributed by atoms with van der Waals surface area (Å²) in [7, 11) is -3.07. The lowest BCUT2D eigenvalue weighted by atomic mass is 10.2. The van der Waals surface area contributed by atoms with Crippen LogP contribution in [0.2, 0.25) is 5.02 Å². The molecule has 0 bridgehead atoms. The van der Waals surface area contributed by atoms with E-state index < -0.39 is 18.5 Å². The van der Waals surface area contributed by atoms with Crippen molar-refractivity contribution < 1.29 is 14.3 Å². The number of nitrogens with zero attached hydrogens (tertiary/aromatic N) is 3. The van der Waals surface area contributed by atoms with Gasteiger partial charge in [0.1, 0.15) is 5.69 Å². The minimum atomic E-state index is -3.07. The molecule has 11 heteroatoms. The van der Waals surface area contributed by atoms with Crippen molar-refractivity contribution >= 4 is 36.6 Å². The Kier molecular flexibility index (Phi) is 3.82. The third kappa shape index (κ3) is 3.07. The van der Waals surface area contributed by atoms with Gasteiger partial charge in [-0.3, -0.25) is 19.8 Å². The number of rotatable bonds is 5. The van der Waals surface area contributed by atoms with Gasteiger partial charge in [0.15, 0.2) is 0 Å². The number of hydrogen-bond donors (Lipinski definition) is 2. The Balaban J connectivity index is 1.74. The molecule has 2 saturated heterocycles. The first kappa shape index (κ1) is 15.2. The zero-order valence-electron chi connectivity index (χ0n) is 11.4. The maximum Gasteiger partial charge on any atom is 0.326 e. The fraction of sp³-hybridized carbons (Fsp3) is 0.364. The van der Waals surface area contributed by atoms with Gasteiger partial charge in [0.2, 0.25) is 0 Å². The molecule has 118 valence electrons. The highest BCUT2D eigenvalue weighted by Gasteiger charge is 2.49. The van der Waals surface area contributed by atoms with Crippen molar-refractivity contribution in [1.29, 1.82) is 0 Å². The normalized spacial score (nSPS) is 17.9. The second-order valence-corrected chi connectivity index (χ2v) is 7.82. The van der Waals surface area contributed by atoms with Crippen molar-refractivity contribution in [2.24, 2.45) is 0 Å². The molecule has 2 aliphatic heterocycles. The minimum Gasteiger partial charge on any atom is -0.302 e. The Morgan fingerprint density at radius 3 is 2.36 bits per heavy atom. The van der Waals surface area contributed by atoms with Gasteiger partial charge < -0.3 is 5.32 Å². The fourth-order valence-corrected chi connectivity index (χ4v) is 4.39. The van der Waals surface area contributed by atoms with Crippen LogP contribution in [0.25, 0.3) is 0 Å². The van der Waals surface area contributed by atoms with Gasteiger partial charge in [-0.1, -0.05) is 11.6 Å². The second-order valence-electron chi connectivity index (χ2n) is 4.94. The second kappa shape index (κ2) is 5.51. The van der Waals surface area contributed by atoms with E-state index in [0.29, 0.717) is 26.2 Å². The molecule has 2 N–H and O–H groups in total. The predicted molar refractivity (Wildman–Crippen MR) is 81.0 cm³/mol. The van der Waals surface area contributed by atoms with E-state index in [4.69, 9.17) is 11.6 Å². The average molecular weight is 346 g/mol. The van der Waals surface area contributed by atoms with Crippen LogP contribution in [-0.4, -0.2) is 46.5 Å². The van der Waals surface area contributed by atoms with Gasteiger partial charge in [0, 0.05) is 37.3 Å². The van der Waals surface area contributed by atoms with Crippen LogP contribution in [0.5, 0.6) is 0 Å². The van der Waals surface area contributed by atoms with Crippen molar-refractivity contribution in [3.05, 3.63) is 33.3 Å². The molecule has 1 aromatic rings. The van der Waals surface area contributed by atoms with E-state index >= 15 is 0 Å². The van der Waals surface area contributed by atoms with E-state index in [2.05, 4.69) is 10.4 Å². The number of hydrogen-bond acceptors (Lipinski definition) is 4. The number of halogens is 1. The summed E-state index contributed by atoms with van der Waals surface area (Å²) in [6.07, 6.45) is 0. The van der Waals surface area contributed by atoms with Crippen LogP contribution in [0.4, 0.5) is 16.2 Å². The number of anilines is 1. The zero-order valence-corrected chi connectivity index (χ0v) is 13.0. The van der Waals surface area contributed by atoms with E-state index in [1.54, 1.807) is 9.34 Å². The summed E-state index contributed by atoms with van der Waals surface area (Å²) in [5.41, 5.74) is -0.328. The molecule has 3 rings (SSSR count). The number of urea groups is 1. The van der Waals surface area contributed by atoms with E-state index in [9.17, 15) is 19.5 Å². The van der Waals surface area contributed by atoms with E-state index in [1.807, 2.05) is 0 Å². The molecule has 2 heterocycles. The summed E-state index contributed by atoms with van der Waals surface area (Å²) in [6, 6.07) is 3.16. The number of benzene rings is 1. The maximum absolute atomic E-state index is 12.7. The van der Waals surface area contributed by atoms with Crippen molar-refractivity contribution in [3.63, 3.8) is 0 Å². The van der Waals surface area contributed by atoms with Crippen molar-refractivity contribution in [1.82, 2.24) is 14.4 Å². The van der Waals surface area contributed by atoms with E-state index in [-0.39, 0.29) is 16.4 Å². The van der Waals surface area contributed by atoms with Gasteiger partial charge in [-0.05, 0) is 12.1 Å². The predicted octanol–water partition coefficient (Wildman–Crippen LogP) is 2.11. The van der Waals surface area contributed by atoms with Gasteiger partial charge in [-0.2, -0.15) is 0 Å². The van der Waals surface area contributed by atoms with Crippen LogP contribution in [0.1, 0.15) is 0 Å². The van der Waals surface area contributed by atoms with Gasteiger partial charge in [-0.15, -0.1) is 0 Å². The molecule has 0 saturated carbocycles. The van der Waals surface area contributed by atoms with Crippen molar-refractivity contribution in [3.8, 4) is 0 Å². The number of amides is 2. The summed E-state index contributed by atoms with van der Waals surface area (Å²) in [6.45, 7) is 2.65. The monoisotopic (exact) mass is 345 g/mol. The lowest BCUT2D eigenvalue weighted by Gasteiger charge is -2.21. The molecule has 0 atom stereocenters. The smallest absolute Gasteiger partial charge is 0.302 e. The Morgan fingerprint density at radius 1 is 1.27 bits per heavy atom. The first-order valence-corrected chi connectivity index (χ1v) is 8.53. The Morgan fingerprint density at radius 2 is 1.86 bits per heavy atom. The quantitative estimate of drug-likeness (QED) is 0.366. The molecular formula is C11H13ClN5O4P. The van der Waals surface area contributed by atoms with Gasteiger partial charge in [-0.25, -0.2) is 14.1 Å². The van der Waals surface area contributed by atoms with Crippen LogP contribution in [-0.2, 0) is 4.57 Å². The molecule has 2 aliphatic rings. The third-order valence-corrected chi connectivity index (χ3v) is 6.33. The Hall–Kier alpha value is -1.67. The first-order chi connectivity index (χ1) is 10.4. The molecule has 0 aromatic heterocycles. The molecule has 2 amide bonds. The van der Waals surface area contributed by atoms with Crippen LogP contribution in [0.3, 0.4) is 0 Å². The van der Waals surface area contributed by atoms with E-state index in [1.165, 1.54) is 12.1 Å². The molecule has 0 radical (unpaired) electrons. The molecular weight excluding hydrogens is 333 g/mol. The van der Waals surface area contributed by atoms with Crippen LogP contribution < -0.4 is 10.4 Å². The lowest BCUT2D eigenvalue weighted by molar-refractivity contribution is -0.383. The molecule has 2 fully saturated rings. The molecule has 0 aliphatic carbocycles. The molecule has 1 aromatic carbocycles. The highest BCUT2D eigenvalue weighted by Crippen LogP contribution is 2.56. The number of nitro groups is 1. The molecule has 22 heavy (non-hydrogen) atoms. The van der Waals surface area contributed by atoms with Gasteiger partial charge >= 0.3 is 13.6 Å². The SMILES string of the molecule is O=C(Nc1ccc(Cl)cc1[N+](=O)[O-])NP(=O)(N1CC1)N1CC1. The number of carbonyl (C=O) groups is 1. The first-order valence-electron chi connectivity index (χ1n) is 6.54. The minimum absolute atomic E-state index is 0.00459. The maximum atomic E-state index is 12.7. The highest BCUT2D eigenvalue weighted by molar-refractivity contribution is 7.58. The summed E-state index contributed by atoms with van der Waals surface area (Å²) in [4.78, 5) is 22.4. The third-order valence-electron chi connectivity index (χ3n) is 3.27. The van der Waals surface area contributed by atoms with Crippen LogP contribution >= 0.6 is 19.2 Å². The fourth-order valence-electron chi connectivity index (χ4n) is 2.00. The number of nitrogens with one attached hydrogen (secondary N) is 2. The number of nitro benzene ring substituents is 1.